The van der Waals surface area contributed by atoms with Crippen LogP contribution in [0.4, 0.5) is 0 Å². The number of nitrogens with zero attached hydrogens (tertiary/aromatic N) is 4. The Morgan fingerprint density at radius 3 is 2.32 bits per heavy atom. The van der Waals surface area contributed by atoms with E-state index in [1.54, 1.807) is 18.0 Å². The standard InChI is InChI=1S/C23H34N4O6S/c1-24-10-12-26(13-11-24)22(28)17-25(2)23(29)18-6-8-27(9-7-18)34(30,31)19-4-5-20-21(16-19)33-15-3-14-32-20/h4-5,16,18H,3,6-15,17H2,1-2H3. The number of rotatable bonds is 5. The van der Waals surface area contributed by atoms with E-state index in [0.29, 0.717) is 50.6 Å². The van der Waals surface area contributed by atoms with Gasteiger partial charge in [0, 0.05) is 64.7 Å². The Labute approximate surface area is 201 Å². The number of hydrogen-bond acceptors (Lipinski definition) is 7. The number of piperazine rings is 1. The van der Waals surface area contributed by atoms with E-state index in [0.717, 1.165) is 19.5 Å². The Morgan fingerprint density at radius 1 is 1.00 bits per heavy atom. The third-order valence-corrected chi connectivity index (χ3v) is 8.66. The van der Waals surface area contributed by atoms with Crippen molar-refractivity contribution in [1.82, 2.24) is 19.0 Å². The fourth-order valence-corrected chi connectivity index (χ4v) is 6.03. The third-order valence-electron chi connectivity index (χ3n) is 6.76. The molecule has 1 aromatic rings. The number of likely N-dealkylation sites (N-methyl/N-ethyl adjacent to an activating group) is 2. The number of carbonyl (C=O) groups is 2. The van der Waals surface area contributed by atoms with Gasteiger partial charge in [0.15, 0.2) is 11.5 Å². The Balaban J connectivity index is 1.32. The average molecular weight is 495 g/mol. The Kier molecular flexibility index (Phi) is 7.63. The second-order valence-electron chi connectivity index (χ2n) is 9.22. The molecule has 2 saturated heterocycles. The first kappa shape index (κ1) is 24.7. The molecule has 0 saturated carbocycles. The normalized spacial score (nSPS) is 20.6. The van der Waals surface area contributed by atoms with Gasteiger partial charge >= 0.3 is 0 Å². The van der Waals surface area contributed by atoms with Gasteiger partial charge in [-0.1, -0.05) is 0 Å². The van der Waals surface area contributed by atoms with E-state index >= 15 is 0 Å². The molecule has 3 aliphatic rings. The van der Waals surface area contributed by atoms with Crippen LogP contribution in [-0.4, -0.2) is 112 Å². The summed E-state index contributed by atoms with van der Waals surface area (Å²) in [6.45, 7) is 4.60. The van der Waals surface area contributed by atoms with Crippen molar-refractivity contribution in [3.8, 4) is 11.5 Å². The fraction of sp³-hybridized carbons (Fsp3) is 0.652. The molecule has 0 N–H and O–H groups in total. The van der Waals surface area contributed by atoms with Crippen molar-refractivity contribution in [3.05, 3.63) is 18.2 Å². The van der Waals surface area contributed by atoms with Crippen LogP contribution in [-0.2, 0) is 19.6 Å². The maximum absolute atomic E-state index is 13.2. The molecule has 10 nitrogen and oxygen atoms in total. The van der Waals surface area contributed by atoms with Crippen molar-refractivity contribution in [3.63, 3.8) is 0 Å². The van der Waals surface area contributed by atoms with Crippen LogP contribution in [0, 0.1) is 5.92 Å². The first-order valence-corrected chi connectivity index (χ1v) is 13.3. The summed E-state index contributed by atoms with van der Waals surface area (Å²) in [4.78, 5) is 31.1. The molecule has 1 aromatic carbocycles. The van der Waals surface area contributed by atoms with E-state index in [9.17, 15) is 18.0 Å². The Hall–Kier alpha value is -2.37. The summed E-state index contributed by atoms with van der Waals surface area (Å²) in [5.74, 6) is 0.555. The molecule has 188 valence electrons. The SMILES string of the molecule is CN1CCN(C(=O)CN(C)C(=O)C2CCN(S(=O)(=O)c3ccc4c(c3)OCCCO4)CC2)CC1. The molecule has 3 aliphatic heterocycles. The van der Waals surface area contributed by atoms with Crippen LogP contribution < -0.4 is 9.47 Å². The van der Waals surface area contributed by atoms with Gasteiger partial charge in [0.25, 0.3) is 0 Å². The van der Waals surface area contributed by atoms with Gasteiger partial charge in [0.05, 0.1) is 24.7 Å². The summed E-state index contributed by atoms with van der Waals surface area (Å²) in [7, 11) is -0.0299. The highest BCUT2D eigenvalue weighted by Crippen LogP contribution is 2.34. The van der Waals surface area contributed by atoms with Crippen molar-refractivity contribution in [2.24, 2.45) is 5.92 Å². The van der Waals surface area contributed by atoms with Crippen LogP contribution in [0.5, 0.6) is 11.5 Å². The molecule has 2 amide bonds. The maximum Gasteiger partial charge on any atom is 0.243 e. The monoisotopic (exact) mass is 494 g/mol. The first-order chi connectivity index (χ1) is 16.3. The molecule has 0 unspecified atom stereocenters. The summed E-state index contributed by atoms with van der Waals surface area (Å²) in [5.41, 5.74) is 0. The second kappa shape index (κ2) is 10.5. The van der Waals surface area contributed by atoms with E-state index in [1.807, 2.05) is 7.05 Å². The molecule has 34 heavy (non-hydrogen) atoms. The number of benzene rings is 1. The highest BCUT2D eigenvalue weighted by molar-refractivity contribution is 7.89. The minimum absolute atomic E-state index is 0.0432. The van der Waals surface area contributed by atoms with Crippen molar-refractivity contribution in [2.45, 2.75) is 24.2 Å². The van der Waals surface area contributed by atoms with Crippen molar-refractivity contribution >= 4 is 21.8 Å². The average Bonchev–Trinajstić information content (AvgIpc) is 3.09. The molecular formula is C23H34N4O6S. The molecule has 0 aromatic heterocycles. The minimum atomic E-state index is -3.71. The van der Waals surface area contributed by atoms with Crippen molar-refractivity contribution in [2.75, 3.05) is 73.1 Å². The lowest BCUT2D eigenvalue weighted by atomic mass is 9.96. The fourth-order valence-electron chi connectivity index (χ4n) is 4.54. The van der Waals surface area contributed by atoms with Gasteiger partial charge in [-0.3, -0.25) is 9.59 Å². The van der Waals surface area contributed by atoms with Crippen molar-refractivity contribution < 1.29 is 27.5 Å². The molecule has 0 aliphatic carbocycles. The smallest absolute Gasteiger partial charge is 0.243 e. The van der Waals surface area contributed by atoms with Crippen LogP contribution in [0.3, 0.4) is 0 Å². The highest BCUT2D eigenvalue weighted by Gasteiger charge is 2.34. The lowest BCUT2D eigenvalue weighted by molar-refractivity contribution is -0.143. The topological polar surface area (TPSA) is 99.7 Å². The predicted molar refractivity (Wildman–Crippen MR) is 125 cm³/mol. The second-order valence-corrected chi connectivity index (χ2v) is 11.2. The molecule has 2 fully saturated rings. The van der Waals surface area contributed by atoms with Crippen LogP contribution >= 0.6 is 0 Å². The van der Waals surface area contributed by atoms with Crippen LogP contribution in [0.2, 0.25) is 0 Å². The molecule has 3 heterocycles. The molecular weight excluding hydrogens is 460 g/mol. The molecule has 0 radical (unpaired) electrons. The zero-order chi connectivity index (χ0) is 24.3. The Bertz CT molecular complexity index is 1000. The highest BCUT2D eigenvalue weighted by atomic mass is 32.2. The summed E-state index contributed by atoms with van der Waals surface area (Å²) < 4.78 is 39.0. The van der Waals surface area contributed by atoms with Crippen molar-refractivity contribution in [1.29, 1.82) is 0 Å². The summed E-state index contributed by atoms with van der Waals surface area (Å²) >= 11 is 0. The van der Waals surface area contributed by atoms with E-state index < -0.39 is 10.0 Å². The minimum Gasteiger partial charge on any atom is -0.490 e. The van der Waals surface area contributed by atoms with Crippen LogP contribution in [0.25, 0.3) is 0 Å². The summed E-state index contributed by atoms with van der Waals surface area (Å²) in [5, 5.41) is 0. The molecule has 0 atom stereocenters. The number of amides is 2. The molecule has 4 rings (SSSR count). The lowest BCUT2D eigenvalue weighted by Crippen LogP contribution is -2.51. The van der Waals surface area contributed by atoms with Gasteiger partial charge in [-0.25, -0.2) is 8.42 Å². The zero-order valence-electron chi connectivity index (χ0n) is 19.9. The largest absolute Gasteiger partial charge is 0.490 e. The number of carbonyl (C=O) groups excluding carboxylic acids is 2. The third kappa shape index (κ3) is 5.47. The number of sulfonamides is 1. The molecule has 0 spiro atoms. The number of hydrogen-bond donors (Lipinski definition) is 0. The van der Waals surface area contributed by atoms with Gasteiger partial charge in [-0.2, -0.15) is 4.31 Å². The number of fused-ring (bicyclic) bond motifs is 1. The van der Waals surface area contributed by atoms with E-state index in [-0.39, 0.29) is 42.3 Å². The van der Waals surface area contributed by atoms with Gasteiger partial charge in [-0.05, 0) is 32.0 Å². The maximum atomic E-state index is 13.2. The predicted octanol–water partition coefficient (Wildman–Crippen LogP) is 0.481. The van der Waals surface area contributed by atoms with E-state index in [1.165, 1.54) is 21.3 Å². The summed E-state index contributed by atoms with van der Waals surface area (Å²) in [6, 6.07) is 4.69. The van der Waals surface area contributed by atoms with Crippen LogP contribution in [0.15, 0.2) is 23.1 Å². The van der Waals surface area contributed by atoms with Gasteiger partial charge in [0.2, 0.25) is 21.8 Å². The molecule has 0 bridgehead atoms. The summed E-state index contributed by atoms with van der Waals surface area (Å²) in [6.07, 6.45) is 1.60. The number of piperidine rings is 1. The van der Waals surface area contributed by atoms with Gasteiger partial charge in [-0.15, -0.1) is 0 Å². The van der Waals surface area contributed by atoms with Crippen LogP contribution in [0.1, 0.15) is 19.3 Å². The van der Waals surface area contributed by atoms with Gasteiger partial charge < -0.3 is 24.2 Å². The van der Waals surface area contributed by atoms with E-state index in [2.05, 4.69) is 4.90 Å². The van der Waals surface area contributed by atoms with E-state index in [4.69, 9.17) is 9.47 Å². The first-order valence-electron chi connectivity index (χ1n) is 11.9. The van der Waals surface area contributed by atoms with Gasteiger partial charge in [0.1, 0.15) is 0 Å². The number of ether oxygens (including phenoxy) is 2. The Morgan fingerprint density at radius 2 is 1.65 bits per heavy atom. The quantitative estimate of drug-likeness (QED) is 0.587. The molecule has 11 heteroatoms. The zero-order valence-corrected chi connectivity index (χ0v) is 20.8. The lowest BCUT2D eigenvalue weighted by Gasteiger charge is -2.35.